The second-order valence-electron chi connectivity index (χ2n) is 4.29. The van der Waals surface area contributed by atoms with Gasteiger partial charge in [-0.2, -0.15) is 0 Å². The molecule has 18 heavy (non-hydrogen) atoms. The predicted octanol–water partition coefficient (Wildman–Crippen LogP) is 3.24. The van der Waals surface area contributed by atoms with Gasteiger partial charge in [0.05, 0.1) is 10.0 Å². The highest BCUT2D eigenvalue weighted by Gasteiger charge is 2.10. The number of hydrogen-bond acceptors (Lipinski definition) is 2. The normalized spacial score (nSPS) is 12.2. The van der Waals surface area contributed by atoms with Crippen LogP contribution in [0.3, 0.4) is 0 Å². The highest BCUT2D eigenvalue weighted by Crippen LogP contribution is 2.22. The zero-order valence-corrected chi connectivity index (χ0v) is 11.9. The Morgan fingerprint density at radius 1 is 1.33 bits per heavy atom. The SMILES string of the molecule is C[C@H](CCCCN)NC(=O)c1ccc(Cl)c(Cl)c1. The maximum atomic E-state index is 11.9. The van der Waals surface area contributed by atoms with Crippen LogP contribution in [0.1, 0.15) is 36.5 Å². The number of nitrogens with two attached hydrogens (primary N) is 1. The van der Waals surface area contributed by atoms with Crippen LogP contribution in [0.4, 0.5) is 0 Å². The van der Waals surface area contributed by atoms with Crippen molar-refractivity contribution in [1.82, 2.24) is 5.32 Å². The molecule has 0 spiro atoms. The van der Waals surface area contributed by atoms with Gasteiger partial charge < -0.3 is 11.1 Å². The van der Waals surface area contributed by atoms with Gasteiger partial charge in [0.15, 0.2) is 0 Å². The lowest BCUT2D eigenvalue weighted by Crippen LogP contribution is -2.32. The van der Waals surface area contributed by atoms with Crippen LogP contribution in [0.5, 0.6) is 0 Å². The number of rotatable bonds is 6. The molecule has 3 N–H and O–H groups in total. The first-order chi connectivity index (χ1) is 8.54. The molecule has 100 valence electrons. The quantitative estimate of drug-likeness (QED) is 0.790. The Morgan fingerprint density at radius 2 is 2.06 bits per heavy atom. The molecule has 0 saturated heterocycles. The third kappa shape index (κ3) is 4.84. The molecule has 0 radical (unpaired) electrons. The van der Waals surface area contributed by atoms with E-state index in [1.54, 1.807) is 18.2 Å². The van der Waals surface area contributed by atoms with Crippen molar-refractivity contribution in [3.8, 4) is 0 Å². The summed E-state index contributed by atoms with van der Waals surface area (Å²) in [5.41, 5.74) is 5.95. The monoisotopic (exact) mass is 288 g/mol. The van der Waals surface area contributed by atoms with E-state index in [4.69, 9.17) is 28.9 Å². The zero-order valence-electron chi connectivity index (χ0n) is 10.4. The topological polar surface area (TPSA) is 55.1 Å². The van der Waals surface area contributed by atoms with Gasteiger partial charge in [-0.1, -0.05) is 29.6 Å². The van der Waals surface area contributed by atoms with Crippen LogP contribution < -0.4 is 11.1 Å². The van der Waals surface area contributed by atoms with Gasteiger partial charge in [0.25, 0.3) is 5.91 Å². The molecule has 1 aromatic carbocycles. The highest BCUT2D eigenvalue weighted by atomic mass is 35.5. The van der Waals surface area contributed by atoms with Gasteiger partial charge >= 0.3 is 0 Å². The van der Waals surface area contributed by atoms with E-state index in [-0.39, 0.29) is 11.9 Å². The van der Waals surface area contributed by atoms with E-state index in [9.17, 15) is 4.79 Å². The van der Waals surface area contributed by atoms with Gasteiger partial charge in [0.1, 0.15) is 0 Å². The number of nitrogens with one attached hydrogen (secondary N) is 1. The van der Waals surface area contributed by atoms with E-state index in [0.29, 0.717) is 22.2 Å². The first kappa shape index (κ1) is 15.3. The van der Waals surface area contributed by atoms with Gasteiger partial charge in [-0.3, -0.25) is 4.79 Å². The van der Waals surface area contributed by atoms with Crippen LogP contribution in [0.2, 0.25) is 10.0 Å². The Morgan fingerprint density at radius 3 is 2.67 bits per heavy atom. The number of halogens is 2. The molecule has 1 aromatic rings. The lowest BCUT2D eigenvalue weighted by atomic mass is 10.1. The summed E-state index contributed by atoms with van der Waals surface area (Å²) in [6.45, 7) is 2.67. The van der Waals surface area contributed by atoms with Gasteiger partial charge in [0.2, 0.25) is 0 Å². The van der Waals surface area contributed by atoms with Crippen molar-refractivity contribution in [3.63, 3.8) is 0 Å². The maximum Gasteiger partial charge on any atom is 0.251 e. The molecule has 0 heterocycles. The Bertz CT molecular complexity index is 410. The van der Waals surface area contributed by atoms with Crippen LogP contribution in [0.25, 0.3) is 0 Å². The van der Waals surface area contributed by atoms with Crippen molar-refractivity contribution in [2.75, 3.05) is 6.54 Å². The Kier molecular flexibility index (Phi) is 6.47. The molecule has 1 rings (SSSR count). The number of amides is 1. The number of hydrogen-bond donors (Lipinski definition) is 2. The fraction of sp³-hybridized carbons (Fsp3) is 0.462. The molecule has 0 aliphatic heterocycles. The van der Waals surface area contributed by atoms with E-state index in [1.807, 2.05) is 6.92 Å². The second-order valence-corrected chi connectivity index (χ2v) is 5.10. The van der Waals surface area contributed by atoms with Crippen LogP contribution in [0, 0.1) is 0 Å². The number of carbonyl (C=O) groups excluding carboxylic acids is 1. The molecule has 0 unspecified atom stereocenters. The summed E-state index contributed by atoms with van der Waals surface area (Å²) in [6, 6.07) is 4.98. The minimum Gasteiger partial charge on any atom is -0.350 e. The van der Waals surface area contributed by atoms with Gasteiger partial charge in [-0.15, -0.1) is 0 Å². The summed E-state index contributed by atoms with van der Waals surface area (Å²) in [6.07, 6.45) is 2.91. The maximum absolute atomic E-state index is 11.9. The summed E-state index contributed by atoms with van der Waals surface area (Å²) in [4.78, 5) is 11.9. The first-order valence-electron chi connectivity index (χ1n) is 6.00. The van der Waals surface area contributed by atoms with E-state index >= 15 is 0 Å². The van der Waals surface area contributed by atoms with Gasteiger partial charge in [-0.05, 0) is 44.5 Å². The number of unbranched alkanes of at least 4 members (excludes halogenated alkanes) is 1. The molecule has 0 fully saturated rings. The minimum atomic E-state index is -0.131. The highest BCUT2D eigenvalue weighted by molar-refractivity contribution is 6.42. The molecule has 1 amide bonds. The molecular weight excluding hydrogens is 271 g/mol. The molecule has 0 aliphatic rings. The van der Waals surface area contributed by atoms with Crippen LogP contribution >= 0.6 is 23.2 Å². The molecule has 0 bridgehead atoms. The van der Waals surface area contributed by atoms with Crippen molar-refractivity contribution in [1.29, 1.82) is 0 Å². The van der Waals surface area contributed by atoms with Gasteiger partial charge in [-0.25, -0.2) is 0 Å². The average Bonchev–Trinajstić information content (AvgIpc) is 2.33. The van der Waals surface area contributed by atoms with E-state index in [1.165, 1.54) is 0 Å². The molecule has 5 heteroatoms. The third-order valence-corrected chi connectivity index (χ3v) is 3.39. The smallest absolute Gasteiger partial charge is 0.251 e. The van der Waals surface area contributed by atoms with Crippen molar-refractivity contribution in [2.45, 2.75) is 32.2 Å². The average molecular weight is 289 g/mol. The van der Waals surface area contributed by atoms with E-state index < -0.39 is 0 Å². The Labute approximate surface area is 118 Å². The molecule has 0 aliphatic carbocycles. The minimum absolute atomic E-state index is 0.124. The molecule has 0 saturated carbocycles. The number of benzene rings is 1. The van der Waals surface area contributed by atoms with E-state index in [0.717, 1.165) is 19.3 Å². The standard InChI is InChI=1S/C13H18Cl2N2O/c1-9(4-2-3-7-16)17-13(18)10-5-6-11(14)12(15)8-10/h5-6,8-9H,2-4,7,16H2,1H3,(H,17,18)/t9-/m1/s1. The van der Waals surface area contributed by atoms with Crippen molar-refractivity contribution in [3.05, 3.63) is 33.8 Å². The second kappa shape index (κ2) is 7.62. The number of carbonyl (C=O) groups is 1. The molecule has 1 atom stereocenters. The summed E-state index contributed by atoms with van der Waals surface area (Å²) in [5, 5.41) is 3.76. The molecule has 3 nitrogen and oxygen atoms in total. The lowest BCUT2D eigenvalue weighted by Gasteiger charge is -2.13. The lowest BCUT2D eigenvalue weighted by molar-refractivity contribution is 0.0938. The third-order valence-electron chi connectivity index (χ3n) is 2.65. The zero-order chi connectivity index (χ0) is 13.5. The van der Waals surface area contributed by atoms with Crippen LogP contribution in [-0.4, -0.2) is 18.5 Å². The Hall–Kier alpha value is -0.770. The van der Waals surface area contributed by atoms with Crippen LogP contribution in [0.15, 0.2) is 18.2 Å². The van der Waals surface area contributed by atoms with Crippen molar-refractivity contribution >= 4 is 29.1 Å². The Balaban J connectivity index is 2.51. The van der Waals surface area contributed by atoms with Crippen molar-refractivity contribution < 1.29 is 4.79 Å². The fourth-order valence-electron chi connectivity index (χ4n) is 1.61. The summed E-state index contributed by atoms with van der Waals surface area (Å²) in [7, 11) is 0. The molecular formula is C13H18Cl2N2O. The first-order valence-corrected chi connectivity index (χ1v) is 6.76. The van der Waals surface area contributed by atoms with E-state index in [2.05, 4.69) is 5.32 Å². The van der Waals surface area contributed by atoms with Crippen LogP contribution in [-0.2, 0) is 0 Å². The molecule has 0 aromatic heterocycles. The summed E-state index contributed by atoms with van der Waals surface area (Å²) < 4.78 is 0. The summed E-state index contributed by atoms with van der Waals surface area (Å²) >= 11 is 11.7. The predicted molar refractivity (Wildman–Crippen MR) is 76.3 cm³/mol. The largest absolute Gasteiger partial charge is 0.350 e. The fourth-order valence-corrected chi connectivity index (χ4v) is 1.91. The van der Waals surface area contributed by atoms with Crippen molar-refractivity contribution in [2.24, 2.45) is 5.73 Å². The van der Waals surface area contributed by atoms with Gasteiger partial charge in [0, 0.05) is 11.6 Å². The summed E-state index contributed by atoms with van der Waals surface area (Å²) in [5.74, 6) is -0.131.